The number of hydrogen-bond acceptors (Lipinski definition) is 4. The number of hydrogen-bond donors (Lipinski definition) is 2. The second-order valence-corrected chi connectivity index (χ2v) is 5.17. The van der Waals surface area contributed by atoms with Crippen LogP contribution in [0.1, 0.15) is 34.5 Å². The molecule has 0 atom stereocenters. The molecule has 1 aliphatic rings. The minimum absolute atomic E-state index is 0.0701. The van der Waals surface area contributed by atoms with Gasteiger partial charge in [0.2, 0.25) is 5.91 Å². The lowest BCUT2D eigenvalue weighted by Crippen LogP contribution is -2.26. The van der Waals surface area contributed by atoms with E-state index in [0.29, 0.717) is 24.9 Å². The van der Waals surface area contributed by atoms with Crippen molar-refractivity contribution in [1.82, 2.24) is 15.7 Å². The predicted octanol–water partition coefficient (Wildman–Crippen LogP) is 1.63. The lowest BCUT2D eigenvalue weighted by molar-refractivity contribution is -0.121. The van der Waals surface area contributed by atoms with Gasteiger partial charge in [0.25, 0.3) is 5.91 Å². The highest BCUT2D eigenvalue weighted by Gasteiger charge is 2.13. The normalized spacial score (nSPS) is 13.9. The van der Waals surface area contributed by atoms with E-state index in [1.807, 2.05) is 30.3 Å². The molecule has 1 aromatic heterocycles. The van der Waals surface area contributed by atoms with E-state index in [4.69, 9.17) is 0 Å². The van der Waals surface area contributed by atoms with Crippen LogP contribution in [-0.4, -0.2) is 22.5 Å². The van der Waals surface area contributed by atoms with Crippen molar-refractivity contribution in [3.05, 3.63) is 65.5 Å². The number of pyridine rings is 1. The molecule has 0 saturated heterocycles. The zero-order valence-corrected chi connectivity index (χ0v) is 12.5. The average molecular weight is 308 g/mol. The maximum atomic E-state index is 12.1. The van der Waals surface area contributed by atoms with Gasteiger partial charge in [-0.1, -0.05) is 18.2 Å². The number of carbonyl (C=O) groups is 2. The van der Waals surface area contributed by atoms with Crippen LogP contribution >= 0.6 is 0 Å². The van der Waals surface area contributed by atoms with Gasteiger partial charge >= 0.3 is 0 Å². The minimum atomic E-state index is -0.152. The van der Waals surface area contributed by atoms with Gasteiger partial charge in [-0.25, -0.2) is 5.43 Å². The molecule has 1 aliphatic heterocycles. The summed E-state index contributed by atoms with van der Waals surface area (Å²) < 4.78 is 0. The molecule has 2 N–H and O–H groups in total. The van der Waals surface area contributed by atoms with Gasteiger partial charge in [-0.05, 0) is 29.8 Å². The first-order valence-electron chi connectivity index (χ1n) is 7.36. The minimum Gasteiger partial charge on any atom is -0.346 e. The van der Waals surface area contributed by atoms with Crippen molar-refractivity contribution < 1.29 is 9.59 Å². The van der Waals surface area contributed by atoms with Crippen molar-refractivity contribution in [3.63, 3.8) is 0 Å². The number of aromatic nitrogens is 1. The fourth-order valence-electron chi connectivity index (χ4n) is 2.27. The fourth-order valence-corrected chi connectivity index (χ4v) is 2.27. The highest BCUT2D eigenvalue weighted by atomic mass is 16.2. The second-order valence-electron chi connectivity index (χ2n) is 5.17. The molecule has 3 rings (SSSR count). The molecule has 0 bridgehead atoms. The molecule has 116 valence electrons. The predicted molar refractivity (Wildman–Crippen MR) is 85.8 cm³/mol. The molecule has 0 radical (unpaired) electrons. The van der Waals surface area contributed by atoms with E-state index in [2.05, 4.69) is 20.8 Å². The number of amides is 2. The molecule has 6 nitrogen and oxygen atoms in total. The van der Waals surface area contributed by atoms with Gasteiger partial charge in [0.1, 0.15) is 0 Å². The van der Waals surface area contributed by atoms with Crippen molar-refractivity contribution in [2.24, 2.45) is 5.10 Å². The van der Waals surface area contributed by atoms with Crippen LogP contribution in [-0.2, 0) is 11.3 Å². The van der Waals surface area contributed by atoms with E-state index in [9.17, 15) is 9.59 Å². The Hall–Kier alpha value is -3.02. The van der Waals surface area contributed by atoms with Crippen LogP contribution in [0.2, 0.25) is 0 Å². The van der Waals surface area contributed by atoms with Crippen LogP contribution in [0.15, 0.2) is 53.8 Å². The Balaban J connectivity index is 1.62. The number of benzene rings is 1. The molecule has 2 amide bonds. The zero-order chi connectivity index (χ0) is 16.1. The molecular formula is C17H16N4O2. The van der Waals surface area contributed by atoms with Crippen LogP contribution in [0.25, 0.3) is 0 Å². The van der Waals surface area contributed by atoms with E-state index in [1.54, 1.807) is 18.3 Å². The maximum absolute atomic E-state index is 12.1. The Bertz CT molecular complexity index is 739. The first-order chi connectivity index (χ1) is 11.2. The second kappa shape index (κ2) is 6.83. The Morgan fingerprint density at radius 1 is 1.13 bits per heavy atom. The van der Waals surface area contributed by atoms with E-state index in [1.165, 1.54) is 0 Å². The summed E-state index contributed by atoms with van der Waals surface area (Å²) in [5.41, 5.74) is 5.59. The summed E-state index contributed by atoms with van der Waals surface area (Å²) in [6, 6.07) is 12.8. The van der Waals surface area contributed by atoms with E-state index in [-0.39, 0.29) is 11.8 Å². The summed E-state index contributed by atoms with van der Waals surface area (Å²) in [7, 11) is 0. The highest BCUT2D eigenvalue weighted by Crippen LogP contribution is 2.11. The van der Waals surface area contributed by atoms with Crippen molar-refractivity contribution in [3.8, 4) is 0 Å². The average Bonchev–Trinajstić information content (AvgIpc) is 2.61. The van der Waals surface area contributed by atoms with Crippen molar-refractivity contribution in [2.45, 2.75) is 19.4 Å². The Morgan fingerprint density at radius 3 is 2.61 bits per heavy atom. The van der Waals surface area contributed by atoms with E-state index in [0.717, 1.165) is 17.0 Å². The molecule has 23 heavy (non-hydrogen) atoms. The van der Waals surface area contributed by atoms with Gasteiger partial charge in [-0.3, -0.25) is 14.6 Å². The maximum Gasteiger partial charge on any atom is 0.251 e. The highest BCUT2D eigenvalue weighted by molar-refractivity contribution is 6.04. The van der Waals surface area contributed by atoms with Gasteiger partial charge in [0.05, 0.1) is 18.0 Å². The summed E-state index contributed by atoms with van der Waals surface area (Å²) in [4.78, 5) is 27.4. The van der Waals surface area contributed by atoms with Crippen LogP contribution < -0.4 is 10.7 Å². The lowest BCUT2D eigenvalue weighted by Gasteiger charge is -2.12. The van der Waals surface area contributed by atoms with Gasteiger partial charge in [-0.2, -0.15) is 5.10 Å². The summed E-state index contributed by atoms with van der Waals surface area (Å²) in [6.07, 6.45) is 2.74. The quantitative estimate of drug-likeness (QED) is 0.900. The number of rotatable bonds is 4. The third-order valence-electron chi connectivity index (χ3n) is 3.54. The van der Waals surface area contributed by atoms with E-state index >= 15 is 0 Å². The number of hydrazone groups is 1. The molecule has 1 aromatic carbocycles. The molecule has 0 unspecified atom stereocenters. The third-order valence-corrected chi connectivity index (χ3v) is 3.54. The van der Waals surface area contributed by atoms with Crippen LogP contribution in [0.3, 0.4) is 0 Å². The van der Waals surface area contributed by atoms with Crippen molar-refractivity contribution in [2.75, 3.05) is 0 Å². The summed E-state index contributed by atoms with van der Waals surface area (Å²) >= 11 is 0. The molecule has 0 spiro atoms. The molecule has 0 aliphatic carbocycles. The van der Waals surface area contributed by atoms with Gasteiger partial charge in [0, 0.05) is 24.6 Å². The number of nitrogens with zero attached hydrogens (tertiary/aromatic N) is 2. The fraction of sp³-hybridized carbons (Fsp3) is 0.176. The SMILES string of the molecule is O=C1CCC(c2ccc(C(=O)NCc3ccccn3)cc2)=NN1. The van der Waals surface area contributed by atoms with Crippen molar-refractivity contribution >= 4 is 17.5 Å². The number of carbonyl (C=O) groups excluding carboxylic acids is 2. The van der Waals surface area contributed by atoms with Gasteiger partial charge in [-0.15, -0.1) is 0 Å². The monoisotopic (exact) mass is 308 g/mol. The Labute approximate surface area is 133 Å². The Morgan fingerprint density at radius 2 is 1.96 bits per heavy atom. The first kappa shape index (κ1) is 14.9. The van der Waals surface area contributed by atoms with Gasteiger partial charge < -0.3 is 5.32 Å². The van der Waals surface area contributed by atoms with Crippen molar-refractivity contribution in [1.29, 1.82) is 0 Å². The zero-order valence-electron chi connectivity index (χ0n) is 12.5. The summed E-state index contributed by atoms with van der Waals surface area (Å²) in [6.45, 7) is 0.389. The molecule has 0 saturated carbocycles. The standard InChI is InChI=1S/C17H16N4O2/c22-16-9-8-15(20-21-16)12-4-6-13(7-5-12)17(23)19-11-14-3-1-2-10-18-14/h1-7,10H,8-9,11H2,(H,19,23)(H,21,22). The first-order valence-corrected chi connectivity index (χ1v) is 7.36. The van der Waals surface area contributed by atoms with Gasteiger partial charge in [0.15, 0.2) is 0 Å². The van der Waals surface area contributed by atoms with Crippen LogP contribution in [0.5, 0.6) is 0 Å². The summed E-state index contributed by atoms with van der Waals surface area (Å²) in [5, 5.41) is 6.87. The van der Waals surface area contributed by atoms with Crippen LogP contribution in [0, 0.1) is 0 Å². The van der Waals surface area contributed by atoms with Crippen LogP contribution in [0.4, 0.5) is 0 Å². The largest absolute Gasteiger partial charge is 0.346 e. The van der Waals surface area contributed by atoms with E-state index < -0.39 is 0 Å². The lowest BCUT2D eigenvalue weighted by atomic mass is 10.0. The molecule has 6 heteroatoms. The molecule has 2 aromatic rings. The number of nitrogens with one attached hydrogen (secondary N) is 2. The smallest absolute Gasteiger partial charge is 0.251 e. The molecule has 2 heterocycles. The Kier molecular flexibility index (Phi) is 4.42. The topological polar surface area (TPSA) is 83.5 Å². The molecule has 0 fully saturated rings. The summed E-state index contributed by atoms with van der Waals surface area (Å²) in [5.74, 6) is -0.222. The third kappa shape index (κ3) is 3.79. The molecular weight excluding hydrogens is 292 g/mol.